The molecule has 0 saturated heterocycles. The van der Waals surface area contributed by atoms with E-state index in [1.165, 1.54) is 0 Å². The Bertz CT molecular complexity index is 628. The zero-order valence-electron chi connectivity index (χ0n) is 11.5. The average Bonchev–Trinajstić information content (AvgIpc) is 2.37. The fourth-order valence-corrected chi connectivity index (χ4v) is 2.42. The summed E-state index contributed by atoms with van der Waals surface area (Å²) in [6.07, 6.45) is 0. The summed E-state index contributed by atoms with van der Waals surface area (Å²) in [7, 11) is -1.37. The molecule has 19 heavy (non-hydrogen) atoms. The molecule has 96 valence electrons. The van der Waals surface area contributed by atoms with E-state index in [2.05, 4.69) is 43.2 Å². The molecular weight excluding hydrogens is 268 g/mol. The van der Waals surface area contributed by atoms with Crippen molar-refractivity contribution in [2.24, 2.45) is 0 Å². The van der Waals surface area contributed by atoms with Crippen molar-refractivity contribution in [2.45, 2.75) is 19.6 Å². The molecule has 0 saturated carbocycles. The van der Waals surface area contributed by atoms with Gasteiger partial charge in [-0.15, -0.1) is 5.54 Å². The highest BCUT2D eigenvalue weighted by molar-refractivity contribution is 6.83. The highest BCUT2D eigenvalue weighted by atomic mass is 35.5. The molecule has 0 amide bonds. The van der Waals surface area contributed by atoms with E-state index in [0.29, 0.717) is 0 Å². The Labute approximate surface area is 121 Å². The van der Waals surface area contributed by atoms with Gasteiger partial charge in [0, 0.05) is 10.6 Å². The van der Waals surface area contributed by atoms with Crippen LogP contribution >= 0.6 is 11.6 Å². The second-order valence-corrected chi connectivity index (χ2v) is 10.7. The maximum atomic E-state index is 6.12. The number of hydrogen-bond acceptors (Lipinski definition) is 0. The first kappa shape index (κ1) is 13.9. The summed E-state index contributed by atoms with van der Waals surface area (Å²) < 4.78 is 0. The molecule has 2 aromatic carbocycles. The van der Waals surface area contributed by atoms with Crippen molar-refractivity contribution in [3.05, 3.63) is 59.1 Å². The second-order valence-electron chi connectivity index (χ2n) is 5.56. The highest BCUT2D eigenvalue weighted by Crippen LogP contribution is 2.26. The summed E-state index contributed by atoms with van der Waals surface area (Å²) >= 11 is 6.12. The average molecular weight is 285 g/mol. The van der Waals surface area contributed by atoms with E-state index in [4.69, 9.17) is 11.6 Å². The minimum absolute atomic E-state index is 0.748. The zero-order valence-corrected chi connectivity index (χ0v) is 13.3. The van der Waals surface area contributed by atoms with Crippen molar-refractivity contribution in [3.63, 3.8) is 0 Å². The van der Waals surface area contributed by atoms with Gasteiger partial charge in [0.1, 0.15) is 8.07 Å². The fourth-order valence-electron chi connectivity index (χ4n) is 1.74. The lowest BCUT2D eigenvalue weighted by Crippen LogP contribution is -2.16. The van der Waals surface area contributed by atoms with Crippen LogP contribution in [-0.2, 0) is 0 Å². The van der Waals surface area contributed by atoms with Crippen LogP contribution in [0.25, 0.3) is 11.1 Å². The van der Waals surface area contributed by atoms with Gasteiger partial charge in [-0.25, -0.2) is 0 Å². The van der Waals surface area contributed by atoms with E-state index in [0.717, 1.165) is 21.7 Å². The Morgan fingerprint density at radius 1 is 0.947 bits per heavy atom. The van der Waals surface area contributed by atoms with Crippen molar-refractivity contribution >= 4 is 19.7 Å². The van der Waals surface area contributed by atoms with E-state index in [1.807, 2.05) is 36.4 Å². The van der Waals surface area contributed by atoms with Crippen molar-refractivity contribution in [1.29, 1.82) is 0 Å². The van der Waals surface area contributed by atoms with Crippen molar-refractivity contribution in [3.8, 4) is 22.6 Å². The van der Waals surface area contributed by atoms with E-state index >= 15 is 0 Å². The van der Waals surface area contributed by atoms with Gasteiger partial charge in [-0.3, -0.25) is 0 Å². The van der Waals surface area contributed by atoms with Gasteiger partial charge in [0.2, 0.25) is 0 Å². The molecule has 0 unspecified atom stereocenters. The van der Waals surface area contributed by atoms with Gasteiger partial charge in [-0.05, 0) is 29.3 Å². The molecule has 2 heteroatoms. The van der Waals surface area contributed by atoms with Crippen molar-refractivity contribution in [2.75, 3.05) is 0 Å². The van der Waals surface area contributed by atoms with Gasteiger partial charge in [0.15, 0.2) is 0 Å². The molecule has 2 rings (SSSR count). The third-order valence-electron chi connectivity index (χ3n) is 2.64. The molecule has 0 aliphatic rings. The summed E-state index contributed by atoms with van der Waals surface area (Å²) in [6.45, 7) is 6.74. The topological polar surface area (TPSA) is 0 Å². The Balaban J connectivity index is 2.53. The highest BCUT2D eigenvalue weighted by Gasteiger charge is 2.09. The molecule has 0 aromatic heterocycles. The van der Waals surface area contributed by atoms with Gasteiger partial charge in [-0.2, -0.15) is 0 Å². The predicted molar refractivity (Wildman–Crippen MR) is 87.1 cm³/mol. The minimum atomic E-state index is -1.37. The molecule has 0 fully saturated rings. The van der Waals surface area contributed by atoms with E-state index in [9.17, 15) is 0 Å². The first-order valence-corrected chi connectivity index (χ1v) is 10.2. The molecular formula is C17H17ClSi. The second kappa shape index (κ2) is 5.65. The number of rotatable bonds is 1. The largest absolute Gasteiger partial charge is 0.129 e. The summed E-state index contributed by atoms with van der Waals surface area (Å²) in [5.41, 5.74) is 6.73. The van der Waals surface area contributed by atoms with Crippen LogP contribution in [0.15, 0.2) is 48.5 Å². The molecule has 0 radical (unpaired) electrons. The van der Waals surface area contributed by atoms with Gasteiger partial charge < -0.3 is 0 Å². The van der Waals surface area contributed by atoms with Crippen LogP contribution < -0.4 is 0 Å². The SMILES string of the molecule is C[Si](C)(C)C#Cc1ccc(Cl)cc1-c1ccccc1. The third-order valence-corrected chi connectivity index (χ3v) is 3.75. The monoisotopic (exact) mass is 284 g/mol. The lowest BCUT2D eigenvalue weighted by molar-refractivity contribution is 1.58. The maximum Gasteiger partial charge on any atom is 0.129 e. The lowest BCUT2D eigenvalue weighted by atomic mass is 10.0. The fraction of sp³-hybridized carbons (Fsp3) is 0.176. The van der Waals surface area contributed by atoms with Gasteiger partial charge in [0.05, 0.1) is 0 Å². The van der Waals surface area contributed by atoms with E-state index in [-0.39, 0.29) is 0 Å². The summed E-state index contributed by atoms with van der Waals surface area (Å²) in [5.74, 6) is 3.33. The van der Waals surface area contributed by atoms with E-state index < -0.39 is 8.07 Å². The molecule has 0 spiro atoms. The first-order chi connectivity index (χ1) is 8.96. The molecule has 0 aliphatic carbocycles. The van der Waals surface area contributed by atoms with Crippen LogP contribution in [0.5, 0.6) is 0 Å². The molecule has 0 aliphatic heterocycles. The van der Waals surface area contributed by atoms with E-state index in [1.54, 1.807) is 0 Å². The van der Waals surface area contributed by atoms with Gasteiger partial charge in [0.25, 0.3) is 0 Å². The summed E-state index contributed by atoms with van der Waals surface area (Å²) in [6, 6.07) is 16.2. The Hall–Kier alpha value is -1.49. The molecule has 0 atom stereocenters. The predicted octanol–water partition coefficient (Wildman–Crippen LogP) is 5.24. The standard InChI is InChI=1S/C17H17ClSi/c1-19(2,3)12-11-15-9-10-16(18)13-17(15)14-7-5-4-6-8-14/h4-10,13H,1-3H3. The van der Waals surface area contributed by atoms with Crippen LogP contribution in [-0.4, -0.2) is 8.07 Å². The van der Waals surface area contributed by atoms with Crippen LogP contribution in [0.4, 0.5) is 0 Å². The smallest absolute Gasteiger partial charge is 0.127 e. The quantitative estimate of drug-likeness (QED) is 0.496. The number of halogens is 1. The molecule has 0 N–H and O–H groups in total. The molecule has 2 aromatic rings. The summed E-state index contributed by atoms with van der Waals surface area (Å²) in [5, 5.41) is 0.748. The zero-order chi connectivity index (χ0) is 13.9. The van der Waals surface area contributed by atoms with Crippen LogP contribution in [0.1, 0.15) is 5.56 Å². The van der Waals surface area contributed by atoms with Crippen LogP contribution in [0.3, 0.4) is 0 Å². The summed E-state index contributed by atoms with van der Waals surface area (Å²) in [4.78, 5) is 0. The maximum absolute atomic E-state index is 6.12. The number of hydrogen-bond donors (Lipinski definition) is 0. The molecule has 0 nitrogen and oxygen atoms in total. The van der Waals surface area contributed by atoms with Gasteiger partial charge in [-0.1, -0.05) is 67.5 Å². The Morgan fingerprint density at radius 3 is 2.26 bits per heavy atom. The van der Waals surface area contributed by atoms with Crippen molar-refractivity contribution in [1.82, 2.24) is 0 Å². The Morgan fingerprint density at radius 2 is 1.63 bits per heavy atom. The van der Waals surface area contributed by atoms with Crippen LogP contribution in [0, 0.1) is 11.5 Å². The lowest BCUT2D eigenvalue weighted by Gasteiger charge is -2.07. The normalized spacial score (nSPS) is 10.7. The minimum Gasteiger partial charge on any atom is -0.127 e. The molecule has 0 heterocycles. The van der Waals surface area contributed by atoms with Crippen molar-refractivity contribution < 1.29 is 0 Å². The number of benzene rings is 2. The van der Waals surface area contributed by atoms with Crippen LogP contribution in [0.2, 0.25) is 24.7 Å². The van der Waals surface area contributed by atoms with Gasteiger partial charge >= 0.3 is 0 Å². The molecule has 0 bridgehead atoms. The first-order valence-electron chi connectivity index (χ1n) is 6.34. The Kier molecular flexibility index (Phi) is 4.14. The third kappa shape index (κ3) is 3.99.